The Morgan fingerprint density at radius 2 is 2.15 bits per heavy atom. The lowest BCUT2D eigenvalue weighted by Crippen LogP contribution is -2.24. The summed E-state index contributed by atoms with van der Waals surface area (Å²) in [6.45, 7) is 2.20. The molecule has 0 fully saturated rings. The first-order chi connectivity index (χ1) is 9.54. The van der Waals surface area contributed by atoms with Gasteiger partial charge in [-0.15, -0.1) is 0 Å². The summed E-state index contributed by atoms with van der Waals surface area (Å²) in [7, 11) is 1.67. The summed E-state index contributed by atoms with van der Waals surface area (Å²) in [5.74, 6) is 0.966. The van der Waals surface area contributed by atoms with Gasteiger partial charge in [-0.1, -0.05) is 12.1 Å². The summed E-state index contributed by atoms with van der Waals surface area (Å²) < 4.78 is 18.4. The Hall–Kier alpha value is -2.36. The van der Waals surface area contributed by atoms with Crippen LogP contribution in [0.25, 0.3) is 6.08 Å². The van der Waals surface area contributed by atoms with Gasteiger partial charge in [0.1, 0.15) is 17.3 Å². The van der Waals surface area contributed by atoms with Gasteiger partial charge in [-0.3, -0.25) is 4.79 Å². The van der Waals surface area contributed by atoms with Crippen molar-refractivity contribution >= 4 is 12.0 Å². The predicted molar refractivity (Wildman–Crippen MR) is 75.4 cm³/mol. The van der Waals surface area contributed by atoms with E-state index < -0.39 is 0 Å². The first kappa shape index (κ1) is 14.1. The molecule has 0 unspecified atom stereocenters. The average molecular weight is 273 g/mol. The number of likely N-dealkylation sites (N-methyl/N-ethyl adjacent to an activating group) is 1. The van der Waals surface area contributed by atoms with E-state index in [1.807, 2.05) is 13.0 Å². The smallest absolute Gasteiger partial charge is 0.246 e. The number of hydrogen-bond acceptors (Lipinski definition) is 2. The summed E-state index contributed by atoms with van der Waals surface area (Å²) in [4.78, 5) is 13.4. The van der Waals surface area contributed by atoms with E-state index in [2.05, 4.69) is 0 Å². The molecule has 2 aromatic rings. The van der Waals surface area contributed by atoms with Crippen molar-refractivity contribution in [3.8, 4) is 0 Å². The Morgan fingerprint density at radius 1 is 1.35 bits per heavy atom. The number of carbonyl (C=O) groups excluding carboxylic acids is 1. The number of amides is 1. The van der Waals surface area contributed by atoms with E-state index in [9.17, 15) is 9.18 Å². The summed E-state index contributed by atoms with van der Waals surface area (Å²) >= 11 is 0. The van der Waals surface area contributed by atoms with Gasteiger partial charge >= 0.3 is 0 Å². The zero-order valence-electron chi connectivity index (χ0n) is 11.5. The Balaban J connectivity index is 1.97. The Bertz CT molecular complexity index is 631. The van der Waals surface area contributed by atoms with Crippen LogP contribution in [-0.2, 0) is 11.3 Å². The molecule has 20 heavy (non-hydrogen) atoms. The molecule has 1 amide bonds. The van der Waals surface area contributed by atoms with Crippen LogP contribution < -0.4 is 0 Å². The third-order valence-corrected chi connectivity index (χ3v) is 2.84. The predicted octanol–water partition coefficient (Wildman–Crippen LogP) is 3.40. The highest BCUT2D eigenvalue weighted by Crippen LogP contribution is 2.09. The number of aryl methyl sites for hydroxylation is 1. The lowest BCUT2D eigenvalue weighted by Gasteiger charge is -2.15. The van der Waals surface area contributed by atoms with E-state index in [4.69, 9.17) is 4.42 Å². The molecule has 0 spiro atoms. The third kappa shape index (κ3) is 3.82. The molecule has 0 aliphatic heterocycles. The van der Waals surface area contributed by atoms with Crippen LogP contribution in [0.2, 0.25) is 0 Å². The fourth-order valence-corrected chi connectivity index (χ4v) is 1.81. The van der Waals surface area contributed by atoms with Crippen molar-refractivity contribution in [1.29, 1.82) is 0 Å². The second kappa shape index (κ2) is 6.19. The maximum absolute atomic E-state index is 13.1. The molecule has 0 bridgehead atoms. The number of hydrogen-bond donors (Lipinski definition) is 0. The number of nitrogens with zero attached hydrogens (tertiary/aromatic N) is 1. The fourth-order valence-electron chi connectivity index (χ4n) is 1.81. The van der Waals surface area contributed by atoms with Crippen molar-refractivity contribution in [2.75, 3.05) is 7.05 Å². The normalized spacial score (nSPS) is 10.9. The highest BCUT2D eigenvalue weighted by Gasteiger charge is 2.06. The van der Waals surface area contributed by atoms with Gasteiger partial charge in [-0.05, 0) is 42.8 Å². The molecule has 0 N–H and O–H groups in total. The van der Waals surface area contributed by atoms with Crippen LogP contribution in [-0.4, -0.2) is 17.9 Å². The quantitative estimate of drug-likeness (QED) is 0.800. The minimum Gasteiger partial charge on any atom is -0.462 e. The van der Waals surface area contributed by atoms with E-state index in [-0.39, 0.29) is 11.7 Å². The maximum atomic E-state index is 13.1. The van der Waals surface area contributed by atoms with E-state index in [1.54, 1.807) is 31.3 Å². The van der Waals surface area contributed by atoms with Gasteiger partial charge in [0.15, 0.2) is 0 Å². The van der Waals surface area contributed by atoms with Crippen molar-refractivity contribution in [3.05, 3.63) is 65.4 Å². The summed E-state index contributed by atoms with van der Waals surface area (Å²) in [5, 5.41) is 0. The van der Waals surface area contributed by atoms with Crippen LogP contribution in [0.1, 0.15) is 17.1 Å². The number of rotatable bonds is 4. The molecule has 3 nitrogen and oxygen atoms in total. The highest BCUT2D eigenvalue weighted by atomic mass is 19.1. The van der Waals surface area contributed by atoms with E-state index >= 15 is 0 Å². The largest absolute Gasteiger partial charge is 0.462 e. The van der Waals surface area contributed by atoms with E-state index in [1.165, 1.54) is 23.1 Å². The summed E-state index contributed by atoms with van der Waals surface area (Å²) in [5.41, 5.74) is 0.753. The molecule has 0 aliphatic carbocycles. The van der Waals surface area contributed by atoms with Crippen molar-refractivity contribution in [2.24, 2.45) is 0 Å². The van der Waals surface area contributed by atoms with E-state index in [0.29, 0.717) is 12.3 Å². The lowest BCUT2D eigenvalue weighted by molar-refractivity contribution is -0.125. The molecule has 0 saturated carbocycles. The monoisotopic (exact) mass is 273 g/mol. The van der Waals surface area contributed by atoms with Crippen molar-refractivity contribution < 1.29 is 13.6 Å². The molecule has 2 rings (SSSR count). The van der Waals surface area contributed by atoms with Crippen molar-refractivity contribution in [3.63, 3.8) is 0 Å². The molecule has 1 heterocycles. The Morgan fingerprint density at radius 3 is 2.80 bits per heavy atom. The minimum absolute atomic E-state index is 0.164. The second-order valence-electron chi connectivity index (χ2n) is 4.61. The molecular formula is C16H16FNO2. The summed E-state index contributed by atoms with van der Waals surface area (Å²) in [6.07, 6.45) is 3.06. The third-order valence-electron chi connectivity index (χ3n) is 2.84. The zero-order chi connectivity index (χ0) is 14.5. The minimum atomic E-state index is -0.301. The van der Waals surface area contributed by atoms with Crippen LogP contribution in [0, 0.1) is 12.7 Å². The first-order valence-electron chi connectivity index (χ1n) is 6.28. The van der Waals surface area contributed by atoms with Gasteiger partial charge in [0.2, 0.25) is 5.91 Å². The van der Waals surface area contributed by atoms with Crippen LogP contribution in [0.4, 0.5) is 4.39 Å². The second-order valence-corrected chi connectivity index (χ2v) is 4.61. The Kier molecular flexibility index (Phi) is 4.35. The SMILES string of the molecule is Cc1ccc(/C=C/C(=O)N(C)Cc2cccc(F)c2)o1. The van der Waals surface area contributed by atoms with Crippen molar-refractivity contribution in [1.82, 2.24) is 4.90 Å². The molecular weight excluding hydrogens is 257 g/mol. The molecule has 104 valence electrons. The zero-order valence-corrected chi connectivity index (χ0v) is 11.5. The van der Waals surface area contributed by atoms with Crippen LogP contribution in [0.3, 0.4) is 0 Å². The van der Waals surface area contributed by atoms with Gasteiger partial charge < -0.3 is 9.32 Å². The molecule has 0 atom stereocenters. The van der Waals surface area contributed by atoms with Gasteiger partial charge in [-0.2, -0.15) is 0 Å². The average Bonchev–Trinajstić information content (AvgIpc) is 2.81. The van der Waals surface area contributed by atoms with Gasteiger partial charge in [0.05, 0.1) is 0 Å². The van der Waals surface area contributed by atoms with Gasteiger partial charge in [-0.25, -0.2) is 4.39 Å². The molecule has 1 aromatic heterocycles. The molecule has 4 heteroatoms. The summed E-state index contributed by atoms with van der Waals surface area (Å²) in [6, 6.07) is 9.84. The topological polar surface area (TPSA) is 33.5 Å². The molecule has 0 saturated heterocycles. The maximum Gasteiger partial charge on any atom is 0.246 e. The first-order valence-corrected chi connectivity index (χ1v) is 6.28. The van der Waals surface area contributed by atoms with Gasteiger partial charge in [0, 0.05) is 19.7 Å². The molecule has 1 aromatic carbocycles. The van der Waals surface area contributed by atoms with Crippen LogP contribution in [0.5, 0.6) is 0 Å². The number of benzene rings is 1. The van der Waals surface area contributed by atoms with Gasteiger partial charge in [0.25, 0.3) is 0 Å². The van der Waals surface area contributed by atoms with Crippen molar-refractivity contribution in [2.45, 2.75) is 13.5 Å². The molecule has 0 radical (unpaired) electrons. The fraction of sp³-hybridized carbons (Fsp3) is 0.188. The number of carbonyl (C=O) groups is 1. The lowest BCUT2D eigenvalue weighted by atomic mass is 10.2. The van der Waals surface area contributed by atoms with Crippen LogP contribution >= 0.6 is 0 Å². The molecule has 0 aliphatic rings. The van der Waals surface area contributed by atoms with Crippen LogP contribution in [0.15, 0.2) is 46.9 Å². The van der Waals surface area contributed by atoms with E-state index in [0.717, 1.165) is 11.3 Å². The number of furan rings is 1. The standard InChI is InChI=1S/C16H16FNO2/c1-12-6-7-15(20-12)8-9-16(19)18(2)11-13-4-3-5-14(17)10-13/h3-10H,11H2,1-2H3/b9-8+. The Labute approximate surface area is 117 Å². The number of halogens is 1. The highest BCUT2D eigenvalue weighted by molar-refractivity contribution is 5.91.